The average molecular weight is 309 g/mol. The summed E-state index contributed by atoms with van der Waals surface area (Å²) in [6.45, 7) is 9.89. The van der Waals surface area contributed by atoms with E-state index in [1.54, 1.807) is 6.07 Å². The fraction of sp³-hybridized carbons (Fsp3) is 0.571. The highest BCUT2D eigenvalue weighted by molar-refractivity contribution is 7.99. The van der Waals surface area contributed by atoms with Crippen LogP contribution in [0.2, 0.25) is 0 Å². The second-order valence-corrected chi connectivity index (χ2v) is 7.25. The van der Waals surface area contributed by atoms with Crippen LogP contribution in [-0.4, -0.2) is 40.1 Å². The maximum atomic E-state index is 11.2. The first-order valence-electron chi connectivity index (χ1n) is 6.89. The fourth-order valence-electron chi connectivity index (χ4n) is 1.99. The zero-order valence-corrected chi connectivity index (χ0v) is 13.8. The normalized spacial score (nSPS) is 19.8. The molecule has 0 saturated carbocycles. The van der Waals surface area contributed by atoms with Crippen molar-refractivity contribution in [2.24, 2.45) is 0 Å². The molecule has 0 unspecified atom stereocenters. The van der Waals surface area contributed by atoms with Crippen LogP contribution in [0.15, 0.2) is 17.2 Å². The molecule has 0 spiro atoms. The summed E-state index contributed by atoms with van der Waals surface area (Å²) >= 11 is 1.45. The topological polar surface area (TPSA) is 68.7 Å². The number of carboxylic acids is 1. The first-order chi connectivity index (χ1) is 9.68. The number of pyridine rings is 1. The Morgan fingerprint density at radius 3 is 2.38 bits per heavy atom. The molecule has 21 heavy (non-hydrogen) atoms. The minimum Gasteiger partial charge on any atom is -0.476 e. The maximum absolute atomic E-state index is 11.2. The summed E-state index contributed by atoms with van der Waals surface area (Å²) in [7, 11) is -0.526. The molecule has 2 heterocycles. The molecule has 0 amide bonds. The number of rotatable bonds is 4. The smallest absolute Gasteiger partial charge is 0.476 e. The first kappa shape index (κ1) is 16.3. The lowest BCUT2D eigenvalue weighted by Gasteiger charge is -2.32. The summed E-state index contributed by atoms with van der Waals surface area (Å²) in [6, 6.07) is 1.80. The minimum absolute atomic E-state index is 0.0714. The molecule has 1 saturated heterocycles. The molecule has 1 N–H and O–H groups in total. The summed E-state index contributed by atoms with van der Waals surface area (Å²) in [5.74, 6) is -0.249. The fourth-order valence-corrected chi connectivity index (χ4v) is 2.80. The Bertz CT molecular complexity index is 546. The molecule has 0 aliphatic carbocycles. The number of aromatic carboxylic acids is 1. The summed E-state index contributed by atoms with van der Waals surface area (Å²) in [5.41, 5.74) is -0.0423. The van der Waals surface area contributed by atoms with Crippen molar-refractivity contribution < 1.29 is 19.2 Å². The van der Waals surface area contributed by atoms with E-state index in [0.717, 1.165) is 11.2 Å². The van der Waals surface area contributed by atoms with Gasteiger partial charge in [-0.15, -0.1) is 11.8 Å². The van der Waals surface area contributed by atoms with Crippen molar-refractivity contribution in [2.75, 3.05) is 5.75 Å². The standard InChI is InChI=1S/C14H20BNO4S/c1-6-21-10-7-9(8-16-11(10)12(17)18)15-19-13(2,3)14(4,5)20-15/h7-8H,6H2,1-5H3,(H,17,18). The number of hydrogen-bond acceptors (Lipinski definition) is 5. The van der Waals surface area contributed by atoms with Gasteiger partial charge in [0, 0.05) is 16.6 Å². The Hall–Kier alpha value is -1.05. The molecule has 1 aromatic rings. The molecule has 1 aromatic heterocycles. The largest absolute Gasteiger partial charge is 0.496 e. The lowest BCUT2D eigenvalue weighted by atomic mass is 9.80. The van der Waals surface area contributed by atoms with Crippen LogP contribution in [0, 0.1) is 0 Å². The minimum atomic E-state index is -1.02. The molecule has 0 atom stereocenters. The molecule has 5 nitrogen and oxygen atoms in total. The van der Waals surface area contributed by atoms with Crippen LogP contribution in [-0.2, 0) is 9.31 Å². The van der Waals surface area contributed by atoms with E-state index < -0.39 is 24.3 Å². The third-order valence-electron chi connectivity index (χ3n) is 3.90. The van der Waals surface area contributed by atoms with Crippen LogP contribution in [0.25, 0.3) is 0 Å². The van der Waals surface area contributed by atoms with E-state index in [1.807, 2.05) is 34.6 Å². The van der Waals surface area contributed by atoms with Gasteiger partial charge in [-0.2, -0.15) is 0 Å². The number of aromatic nitrogens is 1. The zero-order valence-electron chi connectivity index (χ0n) is 13.0. The van der Waals surface area contributed by atoms with Gasteiger partial charge in [-0.25, -0.2) is 9.78 Å². The van der Waals surface area contributed by atoms with Crippen molar-refractivity contribution in [3.8, 4) is 0 Å². The summed E-state index contributed by atoms with van der Waals surface area (Å²) in [6.07, 6.45) is 1.52. The second-order valence-electron chi connectivity index (χ2n) is 5.94. The van der Waals surface area contributed by atoms with Crippen LogP contribution >= 0.6 is 11.8 Å². The van der Waals surface area contributed by atoms with Crippen molar-refractivity contribution in [3.63, 3.8) is 0 Å². The number of nitrogens with zero attached hydrogens (tertiary/aromatic N) is 1. The molecule has 1 aliphatic rings. The van der Waals surface area contributed by atoms with E-state index in [1.165, 1.54) is 18.0 Å². The van der Waals surface area contributed by atoms with Crippen LogP contribution in [0.4, 0.5) is 0 Å². The third kappa shape index (κ3) is 3.10. The van der Waals surface area contributed by atoms with Crippen molar-refractivity contribution in [1.82, 2.24) is 4.98 Å². The molecule has 0 aromatic carbocycles. The maximum Gasteiger partial charge on any atom is 0.496 e. The van der Waals surface area contributed by atoms with E-state index in [0.29, 0.717) is 4.90 Å². The van der Waals surface area contributed by atoms with Gasteiger partial charge in [0.25, 0.3) is 0 Å². The molecular formula is C14H20BNO4S. The Kier molecular flexibility index (Phi) is 4.37. The summed E-state index contributed by atoms with van der Waals surface area (Å²) in [5, 5.41) is 9.18. The molecule has 7 heteroatoms. The van der Waals surface area contributed by atoms with E-state index >= 15 is 0 Å². The molecule has 1 aliphatic heterocycles. The SMILES string of the molecule is CCSc1cc(B2OC(C)(C)C(C)(C)O2)cnc1C(=O)O. The first-order valence-corrected chi connectivity index (χ1v) is 7.88. The summed E-state index contributed by atoms with van der Waals surface area (Å²) in [4.78, 5) is 15.9. The predicted molar refractivity (Wildman–Crippen MR) is 83.3 cm³/mol. The van der Waals surface area contributed by atoms with E-state index in [4.69, 9.17) is 9.31 Å². The molecule has 0 bridgehead atoms. The van der Waals surface area contributed by atoms with Crippen LogP contribution in [0.1, 0.15) is 45.1 Å². The highest BCUT2D eigenvalue weighted by Crippen LogP contribution is 2.36. The Labute approximate surface area is 129 Å². The van der Waals surface area contributed by atoms with Gasteiger partial charge >= 0.3 is 13.1 Å². The zero-order chi connectivity index (χ0) is 15.8. The van der Waals surface area contributed by atoms with Crippen molar-refractivity contribution in [3.05, 3.63) is 18.0 Å². The van der Waals surface area contributed by atoms with Gasteiger partial charge in [-0.05, 0) is 39.5 Å². The van der Waals surface area contributed by atoms with E-state index in [9.17, 15) is 9.90 Å². The van der Waals surface area contributed by atoms with Crippen LogP contribution in [0.3, 0.4) is 0 Å². The Morgan fingerprint density at radius 2 is 1.90 bits per heavy atom. The second kappa shape index (κ2) is 5.63. The van der Waals surface area contributed by atoms with Crippen molar-refractivity contribution >= 4 is 30.3 Å². The number of carbonyl (C=O) groups is 1. The monoisotopic (exact) mass is 309 g/mol. The lowest BCUT2D eigenvalue weighted by molar-refractivity contribution is 0.00578. The number of thioether (sulfide) groups is 1. The van der Waals surface area contributed by atoms with Gasteiger partial charge in [0.15, 0.2) is 5.69 Å². The average Bonchev–Trinajstić information content (AvgIpc) is 2.58. The molecule has 0 radical (unpaired) electrons. The Balaban J connectivity index is 2.34. The summed E-state index contributed by atoms with van der Waals surface area (Å²) < 4.78 is 11.9. The molecular weight excluding hydrogens is 289 g/mol. The molecule has 2 rings (SSSR count). The van der Waals surface area contributed by atoms with E-state index in [-0.39, 0.29) is 5.69 Å². The van der Waals surface area contributed by atoms with Gasteiger partial charge in [-0.1, -0.05) is 6.92 Å². The van der Waals surface area contributed by atoms with Gasteiger partial charge in [0.1, 0.15) is 0 Å². The molecule has 1 fully saturated rings. The highest BCUT2D eigenvalue weighted by atomic mass is 32.2. The van der Waals surface area contributed by atoms with E-state index in [2.05, 4.69) is 4.98 Å². The number of carboxylic acid groups (broad SMARTS) is 1. The lowest BCUT2D eigenvalue weighted by Crippen LogP contribution is -2.41. The van der Waals surface area contributed by atoms with Crippen molar-refractivity contribution in [2.45, 2.75) is 50.7 Å². The van der Waals surface area contributed by atoms with Gasteiger partial charge in [0.2, 0.25) is 0 Å². The van der Waals surface area contributed by atoms with Gasteiger partial charge in [0.05, 0.1) is 11.2 Å². The van der Waals surface area contributed by atoms with Gasteiger partial charge in [-0.3, -0.25) is 0 Å². The highest BCUT2D eigenvalue weighted by Gasteiger charge is 2.51. The van der Waals surface area contributed by atoms with Gasteiger partial charge < -0.3 is 14.4 Å². The number of hydrogen-bond donors (Lipinski definition) is 1. The van der Waals surface area contributed by atoms with Crippen LogP contribution < -0.4 is 5.46 Å². The predicted octanol–water partition coefficient (Wildman–Crippen LogP) is 2.19. The van der Waals surface area contributed by atoms with Crippen LogP contribution in [0.5, 0.6) is 0 Å². The quantitative estimate of drug-likeness (QED) is 0.679. The van der Waals surface area contributed by atoms with Crippen molar-refractivity contribution in [1.29, 1.82) is 0 Å². The third-order valence-corrected chi connectivity index (χ3v) is 4.81. The molecule has 114 valence electrons. The Morgan fingerprint density at radius 1 is 1.33 bits per heavy atom.